The van der Waals surface area contributed by atoms with Crippen LogP contribution in [0.25, 0.3) is 0 Å². The van der Waals surface area contributed by atoms with Crippen molar-refractivity contribution >= 4 is 5.78 Å². The van der Waals surface area contributed by atoms with Gasteiger partial charge in [0.2, 0.25) is 5.75 Å². The molecule has 108 valence electrons. The van der Waals surface area contributed by atoms with Crippen molar-refractivity contribution < 1.29 is 19.0 Å². The second kappa shape index (κ2) is 5.86. The minimum atomic E-state index is 0.00209. The van der Waals surface area contributed by atoms with Gasteiger partial charge >= 0.3 is 0 Å². The third-order valence-electron chi connectivity index (χ3n) is 3.45. The highest BCUT2D eigenvalue weighted by Crippen LogP contribution is 2.45. The van der Waals surface area contributed by atoms with E-state index in [1.807, 2.05) is 12.1 Å². The summed E-state index contributed by atoms with van der Waals surface area (Å²) >= 11 is 0. The van der Waals surface area contributed by atoms with Crippen LogP contribution in [0.1, 0.15) is 24.3 Å². The topological polar surface area (TPSA) is 70.8 Å². The molecule has 0 aromatic heterocycles. The number of benzene rings is 1. The van der Waals surface area contributed by atoms with E-state index in [1.165, 1.54) is 6.08 Å². The highest BCUT2D eigenvalue weighted by Gasteiger charge is 2.26. The average Bonchev–Trinajstić information content (AvgIpc) is 2.44. The highest BCUT2D eigenvalue weighted by molar-refractivity contribution is 5.92. The summed E-state index contributed by atoms with van der Waals surface area (Å²) in [7, 11) is 4.71. The number of hydrogen-bond acceptors (Lipinski definition) is 5. The van der Waals surface area contributed by atoms with Crippen LogP contribution >= 0.6 is 0 Å². The Kier molecular flexibility index (Phi) is 4.17. The lowest BCUT2D eigenvalue weighted by Gasteiger charge is -2.24. The molecular weight excluding hydrogens is 258 g/mol. The summed E-state index contributed by atoms with van der Waals surface area (Å²) in [6.45, 7) is 0. The van der Waals surface area contributed by atoms with Gasteiger partial charge in [-0.25, -0.2) is 0 Å². The van der Waals surface area contributed by atoms with Crippen molar-refractivity contribution in [3.05, 3.63) is 29.5 Å². The SMILES string of the molecule is COc1ccc([C@@H]2CC(=O)C=C(N)C2)c(OC)c1OC. The van der Waals surface area contributed by atoms with Crippen molar-refractivity contribution in [1.82, 2.24) is 0 Å². The van der Waals surface area contributed by atoms with Crippen LogP contribution in [0.3, 0.4) is 0 Å². The van der Waals surface area contributed by atoms with Gasteiger partial charge in [0.05, 0.1) is 21.3 Å². The molecule has 1 aliphatic rings. The monoisotopic (exact) mass is 277 g/mol. The summed E-state index contributed by atoms with van der Waals surface area (Å²) in [5.74, 6) is 1.77. The van der Waals surface area contributed by atoms with E-state index in [2.05, 4.69) is 0 Å². The van der Waals surface area contributed by atoms with Crippen molar-refractivity contribution in [2.45, 2.75) is 18.8 Å². The van der Waals surface area contributed by atoms with Crippen molar-refractivity contribution in [2.75, 3.05) is 21.3 Å². The smallest absolute Gasteiger partial charge is 0.203 e. The largest absolute Gasteiger partial charge is 0.493 e. The maximum Gasteiger partial charge on any atom is 0.203 e. The summed E-state index contributed by atoms with van der Waals surface area (Å²) in [5, 5.41) is 0. The second-order valence-corrected chi connectivity index (χ2v) is 4.71. The fraction of sp³-hybridized carbons (Fsp3) is 0.400. The lowest BCUT2D eigenvalue weighted by Crippen LogP contribution is -2.17. The Morgan fingerprint density at radius 3 is 2.30 bits per heavy atom. The standard InChI is InChI=1S/C15H19NO4/c1-18-13-5-4-12(14(19-2)15(13)20-3)9-6-10(16)8-11(17)7-9/h4-5,8-9H,6-7,16H2,1-3H3/t9-/m0/s1. The summed E-state index contributed by atoms with van der Waals surface area (Å²) < 4.78 is 16.1. The first-order valence-electron chi connectivity index (χ1n) is 6.38. The molecule has 0 fully saturated rings. The summed E-state index contributed by atoms with van der Waals surface area (Å²) in [5.41, 5.74) is 7.33. The Labute approximate surface area is 118 Å². The van der Waals surface area contributed by atoms with Gasteiger partial charge in [0.15, 0.2) is 17.3 Å². The molecule has 5 nitrogen and oxygen atoms in total. The van der Waals surface area contributed by atoms with Crippen molar-refractivity contribution in [3.63, 3.8) is 0 Å². The van der Waals surface area contributed by atoms with E-state index in [4.69, 9.17) is 19.9 Å². The average molecular weight is 277 g/mol. The first-order chi connectivity index (χ1) is 9.60. The maximum absolute atomic E-state index is 11.7. The molecule has 0 saturated heterocycles. The van der Waals surface area contributed by atoms with E-state index in [9.17, 15) is 4.79 Å². The van der Waals surface area contributed by atoms with Gasteiger partial charge in [-0.2, -0.15) is 0 Å². The molecule has 0 heterocycles. The molecule has 5 heteroatoms. The number of ether oxygens (including phenoxy) is 3. The molecule has 0 unspecified atom stereocenters. The van der Waals surface area contributed by atoms with E-state index in [-0.39, 0.29) is 11.7 Å². The minimum absolute atomic E-state index is 0.00209. The van der Waals surface area contributed by atoms with Crippen LogP contribution in [0.4, 0.5) is 0 Å². The molecule has 1 aromatic rings. The molecule has 1 atom stereocenters. The molecule has 2 N–H and O–H groups in total. The predicted molar refractivity (Wildman–Crippen MR) is 75.4 cm³/mol. The highest BCUT2D eigenvalue weighted by atomic mass is 16.5. The quantitative estimate of drug-likeness (QED) is 0.911. The molecule has 0 saturated carbocycles. The number of ketones is 1. The van der Waals surface area contributed by atoms with Crippen LogP contribution in [0.15, 0.2) is 23.9 Å². The minimum Gasteiger partial charge on any atom is -0.493 e. The first kappa shape index (κ1) is 14.2. The van der Waals surface area contributed by atoms with Gasteiger partial charge in [0, 0.05) is 23.6 Å². The molecule has 0 spiro atoms. The molecule has 0 radical (unpaired) electrons. The zero-order valence-corrected chi connectivity index (χ0v) is 11.9. The number of allylic oxidation sites excluding steroid dienone is 2. The van der Waals surface area contributed by atoms with Crippen molar-refractivity contribution in [1.29, 1.82) is 0 Å². The van der Waals surface area contributed by atoms with E-state index < -0.39 is 0 Å². The van der Waals surface area contributed by atoms with Crippen molar-refractivity contribution in [3.8, 4) is 17.2 Å². The Balaban J connectivity index is 2.47. The lowest BCUT2D eigenvalue weighted by molar-refractivity contribution is -0.115. The van der Waals surface area contributed by atoms with Crippen molar-refractivity contribution in [2.24, 2.45) is 5.73 Å². The van der Waals surface area contributed by atoms with Crippen LogP contribution in [0.5, 0.6) is 17.2 Å². The lowest BCUT2D eigenvalue weighted by atomic mass is 9.85. The Bertz CT molecular complexity index is 551. The van der Waals surface area contributed by atoms with Gasteiger partial charge in [0.1, 0.15) is 0 Å². The van der Waals surface area contributed by atoms with Gasteiger partial charge in [-0.1, -0.05) is 6.07 Å². The van der Waals surface area contributed by atoms with Gasteiger partial charge in [-0.05, 0) is 18.6 Å². The molecule has 1 aromatic carbocycles. The molecule has 0 bridgehead atoms. The third kappa shape index (κ3) is 2.57. The predicted octanol–water partition coefficient (Wildman–Crippen LogP) is 2.00. The van der Waals surface area contributed by atoms with Crippen LogP contribution in [-0.2, 0) is 4.79 Å². The summed E-state index contributed by atoms with van der Waals surface area (Å²) in [6, 6.07) is 3.71. The number of nitrogens with two attached hydrogens (primary N) is 1. The second-order valence-electron chi connectivity index (χ2n) is 4.71. The van der Waals surface area contributed by atoms with Crippen LogP contribution in [0, 0.1) is 0 Å². The molecular formula is C15H19NO4. The van der Waals surface area contributed by atoms with E-state index in [1.54, 1.807) is 21.3 Å². The molecule has 0 amide bonds. The van der Waals surface area contributed by atoms with Gasteiger partial charge in [-0.15, -0.1) is 0 Å². The zero-order valence-electron chi connectivity index (χ0n) is 11.9. The molecule has 2 rings (SSSR count). The number of carbonyl (C=O) groups is 1. The van der Waals surface area contributed by atoms with E-state index in [0.717, 1.165) is 5.56 Å². The number of methoxy groups -OCH3 is 3. The van der Waals surface area contributed by atoms with Crippen LogP contribution in [-0.4, -0.2) is 27.1 Å². The molecule has 20 heavy (non-hydrogen) atoms. The maximum atomic E-state index is 11.7. The Morgan fingerprint density at radius 2 is 1.75 bits per heavy atom. The molecule has 0 aliphatic heterocycles. The summed E-state index contributed by atoms with van der Waals surface area (Å²) in [6.07, 6.45) is 2.56. The van der Waals surface area contributed by atoms with E-state index >= 15 is 0 Å². The van der Waals surface area contributed by atoms with Gasteiger partial charge in [0.25, 0.3) is 0 Å². The third-order valence-corrected chi connectivity index (χ3v) is 3.45. The summed E-state index contributed by atoms with van der Waals surface area (Å²) in [4.78, 5) is 11.7. The number of rotatable bonds is 4. The van der Waals surface area contributed by atoms with Gasteiger partial charge < -0.3 is 19.9 Å². The Hall–Kier alpha value is -2.17. The Morgan fingerprint density at radius 1 is 1.05 bits per heavy atom. The van der Waals surface area contributed by atoms with Gasteiger partial charge in [-0.3, -0.25) is 4.79 Å². The normalized spacial score (nSPS) is 18.4. The van der Waals surface area contributed by atoms with E-state index in [0.29, 0.717) is 35.8 Å². The fourth-order valence-electron chi connectivity index (χ4n) is 2.59. The fourth-order valence-corrected chi connectivity index (χ4v) is 2.59. The number of carbonyl (C=O) groups excluding carboxylic acids is 1. The molecule has 1 aliphatic carbocycles. The zero-order chi connectivity index (χ0) is 14.7. The first-order valence-corrected chi connectivity index (χ1v) is 6.38. The van der Waals surface area contributed by atoms with Crippen LogP contribution in [0.2, 0.25) is 0 Å². The number of hydrogen-bond donors (Lipinski definition) is 1. The van der Waals surface area contributed by atoms with Crippen LogP contribution < -0.4 is 19.9 Å².